The highest BCUT2D eigenvalue weighted by atomic mass is 32.2. The van der Waals surface area contributed by atoms with Crippen LogP contribution in [0.25, 0.3) is 11.5 Å². The van der Waals surface area contributed by atoms with Gasteiger partial charge in [0.05, 0.1) is 11.3 Å². The third-order valence-corrected chi connectivity index (χ3v) is 4.23. The Kier molecular flexibility index (Phi) is 4.43. The first kappa shape index (κ1) is 16.3. The molecule has 0 aliphatic heterocycles. The van der Waals surface area contributed by atoms with E-state index in [0.717, 1.165) is 17.7 Å². The number of nitrogens with zero attached hydrogens (tertiary/aromatic N) is 3. The Bertz CT molecular complexity index is 848. The lowest BCUT2D eigenvalue weighted by Crippen LogP contribution is -2.03. The van der Waals surface area contributed by atoms with Crippen LogP contribution in [0.5, 0.6) is 0 Å². The normalized spacial score (nSPS) is 13.0. The summed E-state index contributed by atoms with van der Waals surface area (Å²) in [5.41, 5.74) is 0.288. The summed E-state index contributed by atoms with van der Waals surface area (Å²) in [6.45, 7) is 0. The van der Waals surface area contributed by atoms with Gasteiger partial charge in [0, 0.05) is 18.0 Å². The monoisotopic (exact) mass is 353 g/mol. The average molecular weight is 353 g/mol. The third kappa shape index (κ3) is 3.67. The molecule has 0 saturated heterocycles. The van der Waals surface area contributed by atoms with E-state index in [9.17, 15) is 17.4 Å². The van der Waals surface area contributed by atoms with Crippen molar-refractivity contribution in [1.82, 2.24) is 15.2 Å². The molecule has 1 atom stereocenters. The maximum Gasteiger partial charge on any atom is 0.416 e. The van der Waals surface area contributed by atoms with Crippen LogP contribution in [0.1, 0.15) is 11.1 Å². The molecule has 0 bridgehead atoms. The van der Waals surface area contributed by atoms with E-state index in [1.54, 1.807) is 24.5 Å². The minimum Gasteiger partial charge on any atom is -0.410 e. The van der Waals surface area contributed by atoms with Gasteiger partial charge in [-0.3, -0.25) is 4.98 Å². The van der Waals surface area contributed by atoms with Crippen molar-refractivity contribution in [3.63, 3.8) is 0 Å². The van der Waals surface area contributed by atoms with Crippen LogP contribution in [-0.4, -0.2) is 19.4 Å². The van der Waals surface area contributed by atoms with Gasteiger partial charge >= 0.3 is 11.4 Å². The fourth-order valence-corrected chi connectivity index (χ4v) is 2.82. The van der Waals surface area contributed by atoms with Gasteiger partial charge in [-0.15, -0.1) is 5.10 Å². The molecule has 0 spiro atoms. The molecule has 0 aliphatic rings. The first-order chi connectivity index (χ1) is 11.4. The predicted octanol–water partition coefficient (Wildman–Crippen LogP) is 3.46. The van der Waals surface area contributed by atoms with Gasteiger partial charge in [-0.2, -0.15) is 13.2 Å². The van der Waals surface area contributed by atoms with E-state index in [1.807, 2.05) is 0 Å². The summed E-state index contributed by atoms with van der Waals surface area (Å²) >= 11 is 0. The number of benzene rings is 1. The Labute approximate surface area is 137 Å². The van der Waals surface area contributed by atoms with Crippen LogP contribution in [-0.2, 0) is 22.7 Å². The third-order valence-electron chi connectivity index (χ3n) is 3.08. The fraction of sp³-hybridized carbons (Fsp3) is 0.133. The van der Waals surface area contributed by atoms with Crippen molar-refractivity contribution in [3.05, 3.63) is 59.9 Å². The van der Waals surface area contributed by atoms with Gasteiger partial charge in [-0.25, -0.2) is 4.21 Å². The van der Waals surface area contributed by atoms with E-state index >= 15 is 0 Å². The van der Waals surface area contributed by atoms with E-state index in [2.05, 4.69) is 15.2 Å². The predicted molar refractivity (Wildman–Crippen MR) is 79.1 cm³/mol. The lowest BCUT2D eigenvalue weighted by atomic mass is 10.1. The largest absolute Gasteiger partial charge is 0.416 e. The molecule has 1 unspecified atom stereocenters. The molecule has 5 nitrogen and oxygen atoms in total. The van der Waals surface area contributed by atoms with Crippen molar-refractivity contribution in [2.45, 2.75) is 17.2 Å². The van der Waals surface area contributed by atoms with Crippen molar-refractivity contribution in [2.75, 3.05) is 0 Å². The molecule has 0 fully saturated rings. The van der Waals surface area contributed by atoms with Crippen molar-refractivity contribution in [1.29, 1.82) is 0 Å². The topological polar surface area (TPSA) is 68.9 Å². The van der Waals surface area contributed by atoms with Crippen LogP contribution < -0.4 is 0 Å². The fourth-order valence-electron chi connectivity index (χ4n) is 1.92. The minimum absolute atomic E-state index is 0.0123. The van der Waals surface area contributed by atoms with Crippen molar-refractivity contribution < 1.29 is 21.8 Å². The van der Waals surface area contributed by atoms with Gasteiger partial charge in [-0.1, -0.05) is 11.2 Å². The van der Waals surface area contributed by atoms with Crippen LogP contribution >= 0.6 is 0 Å². The zero-order valence-corrected chi connectivity index (χ0v) is 12.8. The second-order valence-corrected chi connectivity index (χ2v) is 6.13. The molecule has 1 aromatic carbocycles. The molecule has 0 radical (unpaired) electrons. The molecule has 124 valence electrons. The highest BCUT2D eigenvalue weighted by molar-refractivity contribution is 7.84. The van der Waals surface area contributed by atoms with Gasteiger partial charge in [-0.05, 0) is 35.9 Å². The number of rotatable bonds is 4. The van der Waals surface area contributed by atoms with Crippen LogP contribution in [0.15, 0.2) is 58.4 Å². The highest BCUT2D eigenvalue weighted by Gasteiger charge is 2.30. The molecule has 2 heterocycles. The zero-order valence-electron chi connectivity index (χ0n) is 12.0. The number of pyridine rings is 1. The summed E-state index contributed by atoms with van der Waals surface area (Å²) in [6, 6.07) is 7.78. The molecule has 9 heteroatoms. The second kappa shape index (κ2) is 6.52. The first-order valence-corrected chi connectivity index (χ1v) is 8.04. The first-order valence-electron chi connectivity index (χ1n) is 6.72. The summed E-state index contributed by atoms with van der Waals surface area (Å²) in [5, 5.41) is 7.35. The minimum atomic E-state index is -4.41. The summed E-state index contributed by atoms with van der Waals surface area (Å²) in [6.07, 6.45) is -1.24. The second-order valence-electron chi connectivity index (χ2n) is 4.80. The Morgan fingerprint density at radius 2 is 1.83 bits per heavy atom. The molecule has 0 aliphatic carbocycles. The Morgan fingerprint density at radius 3 is 2.46 bits per heavy atom. The van der Waals surface area contributed by atoms with Crippen LogP contribution in [0.2, 0.25) is 0 Å². The molecular weight excluding hydrogens is 343 g/mol. The molecule has 3 rings (SSSR count). The highest BCUT2D eigenvalue weighted by Crippen LogP contribution is 2.30. The average Bonchev–Trinajstić information content (AvgIpc) is 3.05. The SMILES string of the molecule is O=S(Cc1cccnc1)c1nnc(-c2ccc(C(F)(F)F)cc2)o1. The smallest absolute Gasteiger partial charge is 0.410 e. The molecule has 0 N–H and O–H groups in total. The van der Waals surface area contributed by atoms with Gasteiger partial charge < -0.3 is 4.42 Å². The van der Waals surface area contributed by atoms with Crippen LogP contribution in [0.3, 0.4) is 0 Å². The molecule has 0 saturated carbocycles. The molecule has 24 heavy (non-hydrogen) atoms. The molecule has 3 aromatic rings. The van der Waals surface area contributed by atoms with Crippen molar-refractivity contribution in [3.8, 4) is 11.5 Å². The van der Waals surface area contributed by atoms with Gasteiger partial charge in [0.25, 0.3) is 0 Å². The number of hydrogen-bond acceptors (Lipinski definition) is 5. The number of halogens is 3. The molecular formula is C15H10F3N3O2S. The number of hydrogen-bond donors (Lipinski definition) is 0. The number of aromatic nitrogens is 3. The maximum absolute atomic E-state index is 12.5. The molecule has 2 aromatic heterocycles. The molecule has 0 amide bonds. The van der Waals surface area contributed by atoms with Gasteiger partial charge in [0.15, 0.2) is 0 Å². The Hall–Kier alpha value is -2.55. The van der Waals surface area contributed by atoms with Crippen molar-refractivity contribution in [2.24, 2.45) is 0 Å². The number of alkyl halides is 3. The van der Waals surface area contributed by atoms with E-state index in [0.29, 0.717) is 5.56 Å². The van der Waals surface area contributed by atoms with Crippen LogP contribution in [0, 0.1) is 0 Å². The summed E-state index contributed by atoms with van der Waals surface area (Å²) in [4.78, 5) is 3.92. The van der Waals surface area contributed by atoms with Gasteiger partial charge in [0.2, 0.25) is 5.89 Å². The van der Waals surface area contributed by atoms with E-state index in [-0.39, 0.29) is 16.9 Å². The standard InChI is InChI=1S/C15H10F3N3O2S/c16-15(17,18)12-5-3-11(4-6-12)13-20-21-14(23-13)24(22)9-10-2-1-7-19-8-10/h1-8H,9H2. The van der Waals surface area contributed by atoms with E-state index in [1.165, 1.54) is 12.1 Å². The Balaban J connectivity index is 1.77. The summed E-state index contributed by atoms with van der Waals surface area (Å²) < 4.78 is 55.1. The van der Waals surface area contributed by atoms with Crippen LogP contribution in [0.4, 0.5) is 13.2 Å². The van der Waals surface area contributed by atoms with E-state index < -0.39 is 22.5 Å². The Morgan fingerprint density at radius 1 is 1.08 bits per heavy atom. The van der Waals surface area contributed by atoms with Gasteiger partial charge in [0.1, 0.15) is 10.8 Å². The zero-order chi connectivity index (χ0) is 17.2. The lowest BCUT2D eigenvalue weighted by Gasteiger charge is -2.05. The maximum atomic E-state index is 12.5. The quantitative estimate of drug-likeness (QED) is 0.718. The van der Waals surface area contributed by atoms with Crippen molar-refractivity contribution >= 4 is 10.8 Å². The lowest BCUT2D eigenvalue weighted by molar-refractivity contribution is -0.137. The van der Waals surface area contributed by atoms with E-state index in [4.69, 9.17) is 4.42 Å². The summed E-state index contributed by atoms with van der Waals surface area (Å²) in [7, 11) is -1.57. The summed E-state index contributed by atoms with van der Waals surface area (Å²) in [5.74, 6) is 0.168.